The summed E-state index contributed by atoms with van der Waals surface area (Å²) in [5, 5.41) is 9.14. The van der Waals surface area contributed by atoms with E-state index in [9.17, 15) is 0 Å². The maximum absolute atomic E-state index is 9.14. The molecule has 0 amide bonds. The molecule has 2 rings (SSSR count). The third-order valence-electron chi connectivity index (χ3n) is 2.71. The van der Waals surface area contributed by atoms with Crippen LogP contribution in [0.2, 0.25) is 0 Å². The fraction of sp³-hybridized carbons (Fsp3) is 0.455. The smallest absolute Gasteiger partial charge is 0.0499 e. The van der Waals surface area contributed by atoms with E-state index in [-0.39, 0.29) is 0 Å². The third kappa shape index (κ3) is 1.25. The zero-order valence-electron chi connectivity index (χ0n) is 7.16. The Kier molecular flexibility index (Phi) is 2.13. The van der Waals surface area contributed by atoms with Crippen LogP contribution < -0.4 is 0 Å². The average molecular weight is 162 g/mol. The maximum Gasteiger partial charge on any atom is 0.0499 e. The van der Waals surface area contributed by atoms with Gasteiger partial charge >= 0.3 is 0 Å². The molecule has 1 aliphatic carbocycles. The van der Waals surface area contributed by atoms with E-state index in [0.717, 1.165) is 6.42 Å². The monoisotopic (exact) mass is 162 g/mol. The first-order valence-corrected chi connectivity index (χ1v) is 4.60. The number of aliphatic hydroxyl groups is 1. The van der Waals surface area contributed by atoms with Crippen LogP contribution in [0.3, 0.4) is 0 Å². The first-order valence-electron chi connectivity index (χ1n) is 4.60. The molecule has 0 aliphatic heterocycles. The number of hydrogen-bond acceptors (Lipinski definition) is 1. The van der Waals surface area contributed by atoms with Gasteiger partial charge in [-0.15, -0.1) is 0 Å². The van der Waals surface area contributed by atoms with Crippen LogP contribution in [0.5, 0.6) is 0 Å². The molecule has 64 valence electrons. The van der Waals surface area contributed by atoms with Crippen molar-refractivity contribution in [3.63, 3.8) is 0 Å². The minimum Gasteiger partial charge on any atom is -0.396 e. The van der Waals surface area contributed by atoms with Gasteiger partial charge in [0.05, 0.1) is 0 Å². The molecular weight excluding hydrogens is 148 g/mol. The molecule has 1 aliphatic rings. The second-order valence-corrected chi connectivity index (χ2v) is 3.47. The molecule has 1 heteroatoms. The lowest BCUT2D eigenvalue weighted by Gasteiger charge is -2.23. The minimum atomic E-state index is 0.303. The van der Waals surface area contributed by atoms with E-state index in [2.05, 4.69) is 24.3 Å². The van der Waals surface area contributed by atoms with Crippen LogP contribution in [0, 0.1) is 0 Å². The first kappa shape index (κ1) is 7.81. The highest BCUT2D eigenvalue weighted by Gasteiger charge is 2.17. The van der Waals surface area contributed by atoms with Gasteiger partial charge in [-0.05, 0) is 30.4 Å². The number of rotatable bonds is 1. The Hall–Kier alpha value is -0.820. The van der Waals surface area contributed by atoms with E-state index in [0.29, 0.717) is 12.5 Å². The van der Waals surface area contributed by atoms with E-state index in [1.807, 2.05) is 0 Å². The topological polar surface area (TPSA) is 20.2 Å². The van der Waals surface area contributed by atoms with Gasteiger partial charge in [-0.1, -0.05) is 24.3 Å². The highest BCUT2D eigenvalue weighted by molar-refractivity contribution is 5.32. The predicted octanol–water partition coefficient (Wildman–Crippen LogP) is 2.10. The summed E-state index contributed by atoms with van der Waals surface area (Å²) >= 11 is 0. The van der Waals surface area contributed by atoms with Crippen LogP contribution >= 0.6 is 0 Å². The zero-order chi connectivity index (χ0) is 8.39. The summed E-state index contributed by atoms with van der Waals surface area (Å²) < 4.78 is 0. The predicted molar refractivity (Wildman–Crippen MR) is 49.2 cm³/mol. The molecule has 0 unspecified atom stereocenters. The molecule has 1 aromatic carbocycles. The normalized spacial score (nSPS) is 21.9. The summed E-state index contributed by atoms with van der Waals surface area (Å²) in [5.74, 6) is 0.398. The van der Waals surface area contributed by atoms with Gasteiger partial charge in [0.25, 0.3) is 0 Å². The molecule has 0 spiro atoms. The summed E-state index contributed by atoms with van der Waals surface area (Å²) in [7, 11) is 0. The van der Waals surface area contributed by atoms with Crippen molar-refractivity contribution >= 4 is 0 Å². The number of aryl methyl sites for hydroxylation is 1. The standard InChI is InChI=1S/C11H14O/c12-8-10-6-3-5-9-4-1-2-7-11(9)10/h1-2,4,7,10,12H,3,5-6,8H2/t10-/m0/s1. The van der Waals surface area contributed by atoms with Crippen molar-refractivity contribution in [1.29, 1.82) is 0 Å². The van der Waals surface area contributed by atoms with Crippen molar-refractivity contribution in [2.75, 3.05) is 6.61 Å². The first-order chi connectivity index (χ1) is 5.92. The fourth-order valence-electron chi connectivity index (χ4n) is 2.04. The molecular formula is C11H14O. The summed E-state index contributed by atoms with van der Waals surface area (Å²) in [4.78, 5) is 0. The molecule has 0 saturated carbocycles. The minimum absolute atomic E-state index is 0.303. The van der Waals surface area contributed by atoms with Gasteiger partial charge in [0.15, 0.2) is 0 Å². The van der Waals surface area contributed by atoms with E-state index in [1.165, 1.54) is 24.0 Å². The van der Waals surface area contributed by atoms with E-state index < -0.39 is 0 Å². The summed E-state index contributed by atoms with van der Waals surface area (Å²) in [6.07, 6.45) is 3.56. The lowest BCUT2D eigenvalue weighted by molar-refractivity contribution is 0.253. The SMILES string of the molecule is OC[C@@H]1CCCc2ccccc21. The highest BCUT2D eigenvalue weighted by Crippen LogP contribution is 2.30. The van der Waals surface area contributed by atoms with Crippen LogP contribution in [0.1, 0.15) is 29.9 Å². The van der Waals surface area contributed by atoms with Gasteiger partial charge in [-0.2, -0.15) is 0 Å². The number of aliphatic hydroxyl groups excluding tert-OH is 1. The fourth-order valence-corrected chi connectivity index (χ4v) is 2.04. The summed E-state index contributed by atoms with van der Waals surface area (Å²) in [5.41, 5.74) is 2.80. The Labute approximate surface area is 73.0 Å². The van der Waals surface area contributed by atoms with Crippen molar-refractivity contribution in [1.82, 2.24) is 0 Å². The molecule has 1 nitrogen and oxygen atoms in total. The van der Waals surface area contributed by atoms with E-state index >= 15 is 0 Å². The van der Waals surface area contributed by atoms with Crippen molar-refractivity contribution < 1.29 is 5.11 Å². The molecule has 12 heavy (non-hydrogen) atoms. The number of fused-ring (bicyclic) bond motifs is 1. The van der Waals surface area contributed by atoms with Crippen LogP contribution in [-0.4, -0.2) is 11.7 Å². The molecule has 0 bridgehead atoms. The molecule has 1 N–H and O–H groups in total. The quantitative estimate of drug-likeness (QED) is 0.670. The highest BCUT2D eigenvalue weighted by atomic mass is 16.3. The van der Waals surface area contributed by atoms with Crippen molar-refractivity contribution in [3.8, 4) is 0 Å². The van der Waals surface area contributed by atoms with Crippen LogP contribution in [0.4, 0.5) is 0 Å². The summed E-state index contributed by atoms with van der Waals surface area (Å²) in [6.45, 7) is 0.303. The van der Waals surface area contributed by atoms with Crippen LogP contribution in [0.25, 0.3) is 0 Å². The third-order valence-corrected chi connectivity index (χ3v) is 2.71. The summed E-state index contributed by atoms with van der Waals surface area (Å²) in [6, 6.07) is 8.47. The van der Waals surface area contributed by atoms with Gasteiger partial charge in [-0.25, -0.2) is 0 Å². The van der Waals surface area contributed by atoms with Crippen molar-refractivity contribution in [3.05, 3.63) is 35.4 Å². The lowest BCUT2D eigenvalue weighted by atomic mass is 9.83. The Morgan fingerprint density at radius 3 is 3.00 bits per heavy atom. The lowest BCUT2D eigenvalue weighted by Crippen LogP contribution is -2.12. The molecule has 1 atom stereocenters. The Bertz CT molecular complexity index is 267. The van der Waals surface area contributed by atoms with E-state index in [4.69, 9.17) is 5.11 Å². The zero-order valence-corrected chi connectivity index (χ0v) is 7.16. The van der Waals surface area contributed by atoms with Crippen molar-refractivity contribution in [2.45, 2.75) is 25.2 Å². The molecule has 0 fully saturated rings. The maximum atomic E-state index is 9.14. The largest absolute Gasteiger partial charge is 0.396 e. The second-order valence-electron chi connectivity index (χ2n) is 3.47. The molecule has 0 saturated heterocycles. The second kappa shape index (κ2) is 3.28. The van der Waals surface area contributed by atoms with Gasteiger partial charge in [0.1, 0.15) is 0 Å². The molecule has 1 aromatic rings. The van der Waals surface area contributed by atoms with Crippen LogP contribution in [-0.2, 0) is 6.42 Å². The molecule has 0 heterocycles. The van der Waals surface area contributed by atoms with Gasteiger partial charge in [0.2, 0.25) is 0 Å². The molecule has 0 radical (unpaired) electrons. The number of benzene rings is 1. The van der Waals surface area contributed by atoms with Gasteiger partial charge < -0.3 is 5.11 Å². The Morgan fingerprint density at radius 2 is 2.17 bits per heavy atom. The Morgan fingerprint density at radius 1 is 1.33 bits per heavy atom. The number of hydrogen-bond donors (Lipinski definition) is 1. The average Bonchev–Trinajstić information content (AvgIpc) is 2.17. The van der Waals surface area contributed by atoms with Gasteiger partial charge in [-0.3, -0.25) is 0 Å². The van der Waals surface area contributed by atoms with E-state index in [1.54, 1.807) is 0 Å². The van der Waals surface area contributed by atoms with Gasteiger partial charge in [0, 0.05) is 12.5 Å². The Balaban J connectivity index is 2.37. The molecule has 0 aromatic heterocycles. The van der Waals surface area contributed by atoms with Crippen LogP contribution in [0.15, 0.2) is 24.3 Å². The van der Waals surface area contributed by atoms with Crippen molar-refractivity contribution in [2.24, 2.45) is 0 Å².